The predicted octanol–water partition coefficient (Wildman–Crippen LogP) is 1.79. The smallest absolute Gasteiger partial charge is 0.404 e. The van der Waals surface area contributed by atoms with Gasteiger partial charge in [0.25, 0.3) is 0 Å². The van der Waals surface area contributed by atoms with Crippen molar-refractivity contribution in [1.29, 1.82) is 0 Å². The molecule has 82 valence electrons. The minimum atomic E-state index is -4.40. The molecule has 14 heavy (non-hydrogen) atoms. The molecule has 0 saturated carbocycles. The summed E-state index contributed by atoms with van der Waals surface area (Å²) in [6.45, 7) is 1.88. The van der Waals surface area contributed by atoms with E-state index in [4.69, 9.17) is 9.79 Å². The summed E-state index contributed by atoms with van der Waals surface area (Å²) in [5.41, 5.74) is 1.01. The quantitative estimate of drug-likeness (QED) is 0.563. The summed E-state index contributed by atoms with van der Waals surface area (Å²) in [6, 6.07) is 6.44. The zero-order valence-electron chi connectivity index (χ0n) is 7.88. The van der Waals surface area contributed by atoms with Gasteiger partial charge >= 0.3 is 7.82 Å². The van der Waals surface area contributed by atoms with Gasteiger partial charge in [-0.05, 0) is 19.1 Å². The highest BCUT2D eigenvalue weighted by atomic mass is 31.2. The molecule has 0 heterocycles. The van der Waals surface area contributed by atoms with E-state index < -0.39 is 7.82 Å². The Hall–Kier alpha value is -0.910. The number of rotatable bonds is 2. The maximum atomic E-state index is 10.4. The van der Waals surface area contributed by atoms with Crippen molar-refractivity contribution in [3.63, 3.8) is 0 Å². The van der Waals surface area contributed by atoms with Crippen LogP contribution in [0.3, 0.4) is 0 Å². The molecular weight excluding hydrogens is 207 g/mol. The Balaban J connectivity index is 0. The third kappa shape index (κ3) is 5.69. The molecule has 0 unspecified atom stereocenters. The Kier molecular flexibility index (Phi) is 6.38. The van der Waals surface area contributed by atoms with Crippen LogP contribution in [0.5, 0.6) is 5.75 Å². The monoisotopic (exact) mass is 222 g/mol. The van der Waals surface area contributed by atoms with Gasteiger partial charge in [0.1, 0.15) is 5.75 Å². The maximum Gasteiger partial charge on any atom is 0.524 e. The van der Waals surface area contributed by atoms with E-state index in [2.05, 4.69) is 4.52 Å². The molecule has 7 heteroatoms. The highest BCUT2D eigenvalue weighted by molar-refractivity contribution is 7.46. The van der Waals surface area contributed by atoms with E-state index in [1.165, 1.54) is 12.1 Å². The Morgan fingerprint density at radius 2 is 1.57 bits per heavy atom. The summed E-state index contributed by atoms with van der Waals surface area (Å²) in [6.07, 6.45) is 0. The first-order chi connectivity index (χ1) is 5.47. The number of phosphoric ester groups is 1. The van der Waals surface area contributed by atoms with Gasteiger partial charge in [0, 0.05) is 0 Å². The third-order valence-electron chi connectivity index (χ3n) is 1.25. The van der Waals surface area contributed by atoms with Crippen molar-refractivity contribution in [2.24, 2.45) is 0 Å². The van der Waals surface area contributed by atoms with Gasteiger partial charge in [0.2, 0.25) is 0 Å². The highest BCUT2D eigenvalue weighted by Gasteiger charge is 2.14. The summed E-state index contributed by atoms with van der Waals surface area (Å²) in [7, 11) is -4.40. The van der Waals surface area contributed by atoms with Gasteiger partial charge in [0.15, 0.2) is 0 Å². The minimum Gasteiger partial charge on any atom is -0.404 e. The second kappa shape index (κ2) is 5.74. The molecule has 0 amide bonds. The van der Waals surface area contributed by atoms with Gasteiger partial charge in [-0.1, -0.05) is 17.7 Å². The lowest BCUT2D eigenvalue weighted by Gasteiger charge is -2.05. The molecule has 0 fully saturated rings. The van der Waals surface area contributed by atoms with Crippen LogP contribution in [0.4, 0.5) is 0 Å². The number of hydrogen-bond donors (Lipinski definition) is 4. The maximum absolute atomic E-state index is 10.4. The van der Waals surface area contributed by atoms with Crippen LogP contribution in [0.15, 0.2) is 24.3 Å². The summed E-state index contributed by atoms with van der Waals surface area (Å²) >= 11 is 0. The molecule has 0 saturated heterocycles. The lowest BCUT2D eigenvalue weighted by atomic mass is 10.2. The second-order valence-corrected chi connectivity index (χ2v) is 3.56. The Labute approximate surface area is 82.3 Å². The van der Waals surface area contributed by atoms with Crippen molar-refractivity contribution in [3.05, 3.63) is 29.8 Å². The first-order valence-corrected chi connectivity index (χ1v) is 4.82. The van der Waals surface area contributed by atoms with E-state index in [1.54, 1.807) is 12.1 Å². The van der Waals surface area contributed by atoms with Crippen LogP contribution in [0.1, 0.15) is 5.56 Å². The lowest BCUT2D eigenvalue weighted by Crippen LogP contribution is -1.89. The van der Waals surface area contributed by atoms with Crippen molar-refractivity contribution >= 4 is 7.82 Å². The topological polar surface area (TPSA) is 137 Å². The third-order valence-corrected chi connectivity index (χ3v) is 1.69. The average molecular weight is 222 g/mol. The summed E-state index contributed by atoms with van der Waals surface area (Å²) < 4.78 is 14.7. The molecule has 0 aliphatic rings. The van der Waals surface area contributed by atoms with Crippen LogP contribution in [0.2, 0.25) is 0 Å². The molecule has 0 aromatic heterocycles. The fourth-order valence-corrected chi connectivity index (χ4v) is 1.13. The van der Waals surface area contributed by atoms with Crippen molar-refractivity contribution < 1.29 is 18.9 Å². The van der Waals surface area contributed by atoms with Gasteiger partial charge in [-0.3, -0.25) is 9.79 Å². The van der Waals surface area contributed by atoms with Crippen LogP contribution < -0.4 is 16.8 Å². The van der Waals surface area contributed by atoms with Gasteiger partial charge in [0.05, 0.1) is 0 Å². The van der Waals surface area contributed by atoms with Crippen LogP contribution in [-0.4, -0.2) is 9.79 Å². The standard InChI is InChI=1S/C7H9O4P.2H3N/c1-6-2-4-7(5-3-6)11-12(8,9)10;;/h2-5H,1H3,(H2,8,9,10);2*1H3. The zero-order chi connectivity index (χ0) is 9.19. The zero-order valence-corrected chi connectivity index (χ0v) is 8.78. The highest BCUT2D eigenvalue weighted by Crippen LogP contribution is 2.37. The van der Waals surface area contributed by atoms with Crippen LogP contribution >= 0.6 is 7.82 Å². The number of benzene rings is 1. The molecule has 1 aromatic carbocycles. The molecular formula is C7H15N2O4P. The first-order valence-electron chi connectivity index (χ1n) is 3.29. The summed E-state index contributed by atoms with van der Waals surface area (Å²) in [5.74, 6) is 0.175. The summed E-state index contributed by atoms with van der Waals surface area (Å²) in [4.78, 5) is 16.9. The summed E-state index contributed by atoms with van der Waals surface area (Å²) in [5, 5.41) is 0. The molecule has 1 aromatic rings. The van der Waals surface area contributed by atoms with Crippen molar-refractivity contribution in [2.75, 3.05) is 0 Å². The molecule has 0 spiro atoms. The molecule has 0 aliphatic carbocycles. The molecule has 8 N–H and O–H groups in total. The fraction of sp³-hybridized carbons (Fsp3) is 0.143. The average Bonchev–Trinajstić information content (AvgIpc) is 1.91. The second-order valence-electron chi connectivity index (χ2n) is 2.39. The SMILES string of the molecule is Cc1ccc(OP(=O)(O)O)cc1.N.N. The normalized spacial score (nSPS) is 9.64. The van der Waals surface area contributed by atoms with Crippen molar-refractivity contribution in [2.45, 2.75) is 6.92 Å². The largest absolute Gasteiger partial charge is 0.524 e. The molecule has 0 bridgehead atoms. The molecule has 0 aliphatic heterocycles. The minimum absolute atomic E-state index is 0. The van der Waals surface area contributed by atoms with E-state index in [-0.39, 0.29) is 18.1 Å². The Morgan fingerprint density at radius 1 is 1.14 bits per heavy atom. The van der Waals surface area contributed by atoms with Crippen molar-refractivity contribution in [1.82, 2.24) is 12.3 Å². The number of phosphoric acid groups is 1. The predicted molar refractivity (Wildman–Crippen MR) is 53.9 cm³/mol. The van der Waals surface area contributed by atoms with Gasteiger partial charge in [-0.25, -0.2) is 4.57 Å². The molecule has 0 atom stereocenters. The van der Waals surface area contributed by atoms with Gasteiger partial charge in [-0.15, -0.1) is 0 Å². The van der Waals surface area contributed by atoms with Crippen LogP contribution in [-0.2, 0) is 4.57 Å². The lowest BCUT2D eigenvalue weighted by molar-refractivity contribution is 0.283. The van der Waals surface area contributed by atoms with E-state index in [1.807, 2.05) is 6.92 Å². The van der Waals surface area contributed by atoms with E-state index in [0.717, 1.165) is 5.56 Å². The van der Waals surface area contributed by atoms with E-state index >= 15 is 0 Å². The van der Waals surface area contributed by atoms with E-state index in [0.29, 0.717) is 0 Å². The molecule has 1 rings (SSSR count). The van der Waals surface area contributed by atoms with Crippen molar-refractivity contribution in [3.8, 4) is 5.75 Å². The van der Waals surface area contributed by atoms with Gasteiger partial charge < -0.3 is 16.8 Å². The van der Waals surface area contributed by atoms with Crippen LogP contribution in [0, 0.1) is 6.92 Å². The van der Waals surface area contributed by atoms with Crippen LogP contribution in [0.25, 0.3) is 0 Å². The fourth-order valence-electron chi connectivity index (χ4n) is 0.736. The number of hydrogen-bond acceptors (Lipinski definition) is 4. The Morgan fingerprint density at radius 3 is 1.93 bits per heavy atom. The van der Waals surface area contributed by atoms with Gasteiger partial charge in [-0.2, -0.15) is 0 Å². The van der Waals surface area contributed by atoms with E-state index in [9.17, 15) is 4.57 Å². The molecule has 6 nitrogen and oxygen atoms in total. The first kappa shape index (κ1) is 15.6. The number of aryl methyl sites for hydroxylation is 1. The molecule has 0 radical (unpaired) electrons. The Bertz CT molecular complexity index is 308.